The van der Waals surface area contributed by atoms with E-state index >= 15 is 0 Å². The summed E-state index contributed by atoms with van der Waals surface area (Å²) in [7, 11) is -1.06. The summed E-state index contributed by atoms with van der Waals surface area (Å²) in [5.41, 5.74) is 0.746. The lowest BCUT2D eigenvalue weighted by Crippen LogP contribution is -2.37. The number of benzene rings is 1. The summed E-state index contributed by atoms with van der Waals surface area (Å²) in [6, 6.07) is 4.71. The first-order chi connectivity index (χ1) is 10.7. The molecule has 1 aromatic rings. The Balaban J connectivity index is 2.01. The van der Waals surface area contributed by atoms with Crippen LogP contribution in [0, 0.1) is 10.1 Å². The first-order valence-corrected chi connectivity index (χ1v) is 9.68. The molecule has 0 aromatic heterocycles. The summed E-state index contributed by atoms with van der Waals surface area (Å²) in [5, 5.41) is 11.1. The quantitative estimate of drug-likeness (QED) is 0.567. The maximum Gasteiger partial charge on any atom is 0.271 e. The van der Waals surface area contributed by atoms with Crippen LogP contribution in [-0.2, 0) is 9.84 Å². The number of hydrogen-bond acceptors (Lipinski definition) is 6. The number of sulfone groups is 1. The maximum atomic E-state index is 11.3. The Bertz CT molecular complexity index is 695. The van der Waals surface area contributed by atoms with Crippen molar-refractivity contribution in [2.45, 2.75) is 12.5 Å². The molecule has 9 heteroatoms. The van der Waals surface area contributed by atoms with Crippen molar-refractivity contribution in [3.63, 3.8) is 0 Å². The smallest absolute Gasteiger partial charge is 0.271 e. The Kier molecular flexibility index (Phi) is 5.49. The average molecular weight is 362 g/mol. The normalized spacial score (nSPS) is 18.6. The van der Waals surface area contributed by atoms with E-state index in [1.165, 1.54) is 18.4 Å². The number of anilines is 1. The number of nitro benzene ring substituents is 1. The van der Waals surface area contributed by atoms with Gasteiger partial charge in [-0.15, -0.1) is 0 Å². The van der Waals surface area contributed by atoms with E-state index in [1.54, 1.807) is 6.07 Å². The summed E-state index contributed by atoms with van der Waals surface area (Å²) in [5.74, 6) is 0.137. The van der Waals surface area contributed by atoms with Gasteiger partial charge in [0.2, 0.25) is 0 Å². The van der Waals surface area contributed by atoms with Crippen LogP contribution < -0.4 is 4.90 Å². The number of non-ortho nitro benzene ring substituents is 1. The van der Waals surface area contributed by atoms with Gasteiger partial charge in [-0.3, -0.25) is 10.1 Å². The van der Waals surface area contributed by atoms with Crippen LogP contribution in [0.1, 0.15) is 6.42 Å². The Morgan fingerprint density at radius 1 is 1.48 bits per heavy atom. The predicted molar refractivity (Wildman–Crippen MR) is 91.1 cm³/mol. The van der Waals surface area contributed by atoms with Gasteiger partial charge in [0, 0.05) is 44.1 Å². The van der Waals surface area contributed by atoms with Crippen molar-refractivity contribution < 1.29 is 13.3 Å². The van der Waals surface area contributed by atoms with Crippen molar-refractivity contribution in [3.05, 3.63) is 33.3 Å². The number of rotatable bonds is 6. The highest BCUT2D eigenvalue weighted by atomic mass is 35.5. The molecule has 1 unspecified atom stereocenters. The van der Waals surface area contributed by atoms with Crippen LogP contribution in [-0.4, -0.2) is 63.0 Å². The molecule has 128 valence electrons. The van der Waals surface area contributed by atoms with Gasteiger partial charge < -0.3 is 9.80 Å². The van der Waals surface area contributed by atoms with Crippen LogP contribution in [0.25, 0.3) is 0 Å². The van der Waals surface area contributed by atoms with E-state index in [4.69, 9.17) is 11.6 Å². The van der Waals surface area contributed by atoms with Crippen LogP contribution in [0.5, 0.6) is 0 Å². The van der Waals surface area contributed by atoms with E-state index in [9.17, 15) is 18.5 Å². The van der Waals surface area contributed by atoms with E-state index < -0.39 is 14.8 Å². The lowest BCUT2D eigenvalue weighted by molar-refractivity contribution is -0.384. The predicted octanol–water partition coefficient (Wildman–Crippen LogP) is 1.80. The molecule has 0 aliphatic carbocycles. The molecule has 1 aromatic carbocycles. The van der Waals surface area contributed by atoms with Gasteiger partial charge in [-0.2, -0.15) is 0 Å². The van der Waals surface area contributed by atoms with Gasteiger partial charge in [-0.25, -0.2) is 8.42 Å². The summed E-state index contributed by atoms with van der Waals surface area (Å²) in [4.78, 5) is 14.4. The molecule has 0 bridgehead atoms. The summed E-state index contributed by atoms with van der Waals surface area (Å²) in [6.45, 7) is 1.99. The van der Waals surface area contributed by atoms with E-state index in [0.717, 1.165) is 25.2 Å². The lowest BCUT2D eigenvalue weighted by Gasteiger charge is -2.25. The second-order valence-electron chi connectivity index (χ2n) is 5.89. The van der Waals surface area contributed by atoms with Crippen molar-refractivity contribution in [2.75, 3.05) is 43.6 Å². The number of nitro groups is 1. The Hall–Kier alpha value is -1.38. The van der Waals surface area contributed by atoms with Gasteiger partial charge in [0.1, 0.15) is 9.84 Å². The molecule has 0 spiro atoms. The molecule has 1 atom stereocenters. The van der Waals surface area contributed by atoms with Crippen LogP contribution in [0.15, 0.2) is 18.2 Å². The van der Waals surface area contributed by atoms with Gasteiger partial charge in [-0.1, -0.05) is 11.6 Å². The Morgan fingerprint density at radius 3 is 2.74 bits per heavy atom. The second kappa shape index (κ2) is 7.02. The fraction of sp³-hybridized carbons (Fsp3) is 0.571. The highest BCUT2D eigenvalue weighted by Crippen LogP contribution is 2.32. The largest absolute Gasteiger partial charge is 0.369 e. The molecule has 0 N–H and O–H groups in total. The first-order valence-electron chi connectivity index (χ1n) is 7.24. The van der Waals surface area contributed by atoms with Gasteiger partial charge in [0.05, 0.1) is 21.4 Å². The van der Waals surface area contributed by atoms with Crippen molar-refractivity contribution in [2.24, 2.45) is 0 Å². The molecule has 23 heavy (non-hydrogen) atoms. The Labute approximate surface area is 140 Å². The molecule has 1 saturated heterocycles. The van der Waals surface area contributed by atoms with Gasteiger partial charge in [0.25, 0.3) is 5.69 Å². The van der Waals surface area contributed by atoms with Crippen molar-refractivity contribution >= 4 is 32.8 Å². The summed E-state index contributed by atoms with van der Waals surface area (Å²) in [6.07, 6.45) is 2.13. The van der Waals surface area contributed by atoms with Gasteiger partial charge >= 0.3 is 0 Å². The zero-order valence-corrected chi connectivity index (χ0v) is 14.7. The van der Waals surface area contributed by atoms with Crippen molar-refractivity contribution in [3.8, 4) is 0 Å². The van der Waals surface area contributed by atoms with Gasteiger partial charge in [0.15, 0.2) is 0 Å². The van der Waals surface area contributed by atoms with E-state index in [-0.39, 0.29) is 17.5 Å². The van der Waals surface area contributed by atoms with E-state index in [2.05, 4.69) is 4.90 Å². The average Bonchev–Trinajstić information content (AvgIpc) is 2.93. The molecular weight excluding hydrogens is 342 g/mol. The highest BCUT2D eigenvalue weighted by molar-refractivity contribution is 7.90. The van der Waals surface area contributed by atoms with Crippen molar-refractivity contribution in [1.29, 1.82) is 0 Å². The minimum Gasteiger partial charge on any atom is -0.369 e. The lowest BCUT2D eigenvalue weighted by atomic mass is 10.2. The third-order valence-electron chi connectivity index (χ3n) is 4.08. The second-order valence-corrected chi connectivity index (χ2v) is 8.56. The number of likely N-dealkylation sites (N-methyl/N-ethyl adjacent to an activating group) is 1. The standard InChI is InChI=1S/C14H20ClN3O4S/c1-16(7-8-23(2,21)22)12-5-6-17(10-12)14-4-3-11(18(19)20)9-13(14)15/h3-4,9,12H,5-8,10H2,1-2H3. The molecule has 0 amide bonds. The minimum absolute atomic E-state index is 0.0280. The van der Waals surface area contributed by atoms with Crippen LogP contribution in [0.2, 0.25) is 5.02 Å². The summed E-state index contributed by atoms with van der Waals surface area (Å²) < 4.78 is 22.5. The third-order valence-corrected chi connectivity index (χ3v) is 5.31. The van der Waals surface area contributed by atoms with Crippen LogP contribution in [0.4, 0.5) is 11.4 Å². The number of halogens is 1. The molecule has 1 heterocycles. The first kappa shape index (κ1) is 18.0. The monoisotopic (exact) mass is 361 g/mol. The SMILES string of the molecule is CN(CCS(C)(=O)=O)C1CCN(c2ccc([N+](=O)[O-])cc2Cl)C1. The fourth-order valence-electron chi connectivity index (χ4n) is 2.68. The van der Waals surface area contributed by atoms with Crippen LogP contribution >= 0.6 is 11.6 Å². The molecule has 1 aliphatic heterocycles. The topological polar surface area (TPSA) is 83.8 Å². The fourth-order valence-corrected chi connectivity index (χ4v) is 3.59. The minimum atomic E-state index is -2.97. The van der Waals surface area contributed by atoms with Gasteiger partial charge in [-0.05, 0) is 19.5 Å². The summed E-state index contributed by atoms with van der Waals surface area (Å²) >= 11 is 6.16. The molecular formula is C14H20ClN3O4S. The molecule has 2 rings (SSSR count). The molecule has 0 radical (unpaired) electrons. The highest BCUT2D eigenvalue weighted by Gasteiger charge is 2.27. The molecule has 1 aliphatic rings. The van der Waals surface area contributed by atoms with E-state index in [1.807, 2.05) is 11.9 Å². The van der Waals surface area contributed by atoms with E-state index in [0.29, 0.717) is 11.6 Å². The molecule has 1 fully saturated rings. The molecule has 7 nitrogen and oxygen atoms in total. The number of hydrogen-bond donors (Lipinski definition) is 0. The Morgan fingerprint density at radius 2 is 2.17 bits per heavy atom. The van der Waals surface area contributed by atoms with Crippen molar-refractivity contribution in [1.82, 2.24) is 4.90 Å². The zero-order valence-electron chi connectivity index (χ0n) is 13.1. The zero-order chi connectivity index (χ0) is 17.2. The molecule has 0 saturated carbocycles. The number of nitrogens with zero attached hydrogens (tertiary/aromatic N) is 3. The van der Waals surface area contributed by atoms with Crippen LogP contribution in [0.3, 0.4) is 0 Å². The maximum absolute atomic E-state index is 11.3. The third kappa shape index (κ3) is 4.79.